The lowest BCUT2D eigenvalue weighted by atomic mass is 9.93. The van der Waals surface area contributed by atoms with E-state index in [0.717, 1.165) is 31.6 Å². The molecule has 0 unspecified atom stereocenters. The van der Waals surface area contributed by atoms with Gasteiger partial charge in [-0.15, -0.1) is 0 Å². The first kappa shape index (κ1) is 12.9. The zero-order chi connectivity index (χ0) is 13.1. The molecule has 0 spiro atoms. The molecule has 1 aromatic rings. The number of amides is 2. The largest absolute Gasteiger partial charge is 0.326 e. The monoisotopic (exact) mass is 246 g/mol. The number of benzene rings is 1. The Labute approximate surface area is 109 Å². The molecule has 0 atom stereocenters. The number of rotatable bonds is 4. The summed E-state index contributed by atoms with van der Waals surface area (Å²) < 4.78 is 0. The maximum absolute atomic E-state index is 12.0. The van der Waals surface area contributed by atoms with Gasteiger partial charge in [-0.3, -0.25) is 4.90 Å². The highest BCUT2D eigenvalue weighted by molar-refractivity contribution is 5.94. The number of anilines is 1. The fraction of sp³-hybridized carbons (Fsp3) is 0.533. The molecule has 98 valence electrons. The average Bonchev–Trinajstić information content (AvgIpc) is 2.72. The van der Waals surface area contributed by atoms with E-state index < -0.39 is 0 Å². The van der Waals surface area contributed by atoms with Crippen LogP contribution in [0.25, 0.3) is 0 Å². The molecule has 1 saturated heterocycles. The minimum absolute atomic E-state index is 0.108. The van der Waals surface area contributed by atoms with Crippen LogP contribution in [0.4, 0.5) is 10.5 Å². The molecular formula is C15H22N2O. The molecule has 0 saturated carbocycles. The number of hydrogen-bond donors (Lipinski definition) is 0. The van der Waals surface area contributed by atoms with Gasteiger partial charge >= 0.3 is 6.03 Å². The third-order valence-electron chi connectivity index (χ3n) is 3.86. The topological polar surface area (TPSA) is 23.6 Å². The first-order valence-electron chi connectivity index (χ1n) is 6.80. The average molecular weight is 246 g/mol. The van der Waals surface area contributed by atoms with Crippen molar-refractivity contribution in [1.29, 1.82) is 0 Å². The SMILES string of the molecule is CCC(CC)c1cccc(N2CCN(C)C2=O)c1. The van der Waals surface area contributed by atoms with Crippen molar-refractivity contribution in [3.63, 3.8) is 0 Å². The van der Waals surface area contributed by atoms with E-state index in [1.54, 1.807) is 4.90 Å². The van der Waals surface area contributed by atoms with Crippen LogP contribution < -0.4 is 4.90 Å². The molecule has 0 aliphatic carbocycles. The lowest BCUT2D eigenvalue weighted by Gasteiger charge is -2.19. The van der Waals surface area contributed by atoms with Crippen LogP contribution in [0.15, 0.2) is 24.3 Å². The predicted octanol–water partition coefficient (Wildman–Crippen LogP) is 3.46. The van der Waals surface area contributed by atoms with Gasteiger partial charge < -0.3 is 4.90 Å². The van der Waals surface area contributed by atoms with Crippen LogP contribution in [0.2, 0.25) is 0 Å². The lowest BCUT2D eigenvalue weighted by molar-refractivity contribution is 0.229. The fourth-order valence-electron chi connectivity index (χ4n) is 2.59. The Bertz CT molecular complexity index is 426. The van der Waals surface area contributed by atoms with Gasteiger partial charge in [0.2, 0.25) is 0 Å². The molecule has 18 heavy (non-hydrogen) atoms. The zero-order valence-electron chi connectivity index (χ0n) is 11.5. The number of carbonyl (C=O) groups is 1. The van der Waals surface area contributed by atoms with Crippen molar-refractivity contribution in [2.75, 3.05) is 25.0 Å². The molecule has 1 aliphatic rings. The summed E-state index contributed by atoms with van der Waals surface area (Å²) in [6.07, 6.45) is 2.29. The van der Waals surface area contributed by atoms with E-state index in [1.165, 1.54) is 5.56 Å². The maximum atomic E-state index is 12.0. The van der Waals surface area contributed by atoms with Gasteiger partial charge in [0.1, 0.15) is 0 Å². The van der Waals surface area contributed by atoms with Crippen LogP contribution in [-0.4, -0.2) is 31.1 Å². The lowest BCUT2D eigenvalue weighted by Crippen LogP contribution is -2.29. The minimum atomic E-state index is 0.108. The molecule has 2 rings (SSSR count). The Morgan fingerprint density at radius 2 is 1.94 bits per heavy atom. The highest BCUT2D eigenvalue weighted by atomic mass is 16.2. The standard InChI is InChI=1S/C15H22N2O/c1-4-12(5-2)13-7-6-8-14(11-13)17-10-9-16(3)15(17)18/h6-8,11-12H,4-5,9-10H2,1-3H3. The van der Waals surface area contributed by atoms with Gasteiger partial charge in [0.25, 0.3) is 0 Å². The summed E-state index contributed by atoms with van der Waals surface area (Å²) >= 11 is 0. The second-order valence-corrected chi connectivity index (χ2v) is 4.96. The second-order valence-electron chi connectivity index (χ2n) is 4.96. The summed E-state index contributed by atoms with van der Waals surface area (Å²) in [7, 11) is 1.85. The van der Waals surface area contributed by atoms with Crippen molar-refractivity contribution in [1.82, 2.24) is 4.90 Å². The summed E-state index contributed by atoms with van der Waals surface area (Å²) in [6, 6.07) is 8.55. The van der Waals surface area contributed by atoms with Crippen molar-refractivity contribution >= 4 is 11.7 Å². The first-order valence-corrected chi connectivity index (χ1v) is 6.80. The van der Waals surface area contributed by atoms with E-state index in [0.29, 0.717) is 5.92 Å². The zero-order valence-corrected chi connectivity index (χ0v) is 11.5. The van der Waals surface area contributed by atoms with Gasteiger partial charge in [0.15, 0.2) is 0 Å². The Morgan fingerprint density at radius 1 is 1.22 bits per heavy atom. The smallest absolute Gasteiger partial charge is 0.324 e. The number of urea groups is 1. The molecule has 0 N–H and O–H groups in total. The Kier molecular flexibility index (Phi) is 3.90. The minimum Gasteiger partial charge on any atom is -0.326 e. The second kappa shape index (κ2) is 5.42. The Hall–Kier alpha value is -1.51. The van der Waals surface area contributed by atoms with E-state index in [9.17, 15) is 4.79 Å². The van der Waals surface area contributed by atoms with E-state index in [4.69, 9.17) is 0 Å². The molecule has 1 aliphatic heterocycles. The third kappa shape index (κ3) is 2.35. The van der Waals surface area contributed by atoms with Crippen LogP contribution in [0.3, 0.4) is 0 Å². The van der Waals surface area contributed by atoms with Crippen molar-refractivity contribution in [3.8, 4) is 0 Å². The van der Waals surface area contributed by atoms with Gasteiger partial charge in [-0.25, -0.2) is 4.79 Å². The van der Waals surface area contributed by atoms with Crippen LogP contribution >= 0.6 is 0 Å². The quantitative estimate of drug-likeness (QED) is 0.798. The fourth-order valence-corrected chi connectivity index (χ4v) is 2.59. The molecule has 0 aromatic heterocycles. The third-order valence-corrected chi connectivity index (χ3v) is 3.86. The van der Waals surface area contributed by atoms with Crippen LogP contribution in [-0.2, 0) is 0 Å². The molecule has 1 aromatic carbocycles. The summed E-state index contributed by atoms with van der Waals surface area (Å²) in [4.78, 5) is 15.6. The van der Waals surface area contributed by atoms with E-state index in [1.807, 2.05) is 18.0 Å². The van der Waals surface area contributed by atoms with Gasteiger partial charge in [-0.1, -0.05) is 26.0 Å². The number of hydrogen-bond acceptors (Lipinski definition) is 1. The molecule has 0 bridgehead atoms. The maximum Gasteiger partial charge on any atom is 0.324 e. The van der Waals surface area contributed by atoms with Gasteiger partial charge in [0.05, 0.1) is 0 Å². The predicted molar refractivity (Wildman–Crippen MR) is 75.1 cm³/mol. The Morgan fingerprint density at radius 3 is 2.50 bits per heavy atom. The molecule has 1 heterocycles. The van der Waals surface area contributed by atoms with Crippen LogP contribution in [0.5, 0.6) is 0 Å². The molecule has 0 radical (unpaired) electrons. The van der Waals surface area contributed by atoms with Gasteiger partial charge in [-0.2, -0.15) is 0 Å². The van der Waals surface area contributed by atoms with Crippen molar-refractivity contribution in [2.24, 2.45) is 0 Å². The van der Waals surface area contributed by atoms with Crippen molar-refractivity contribution in [2.45, 2.75) is 32.6 Å². The summed E-state index contributed by atoms with van der Waals surface area (Å²) in [5, 5.41) is 0. The molecule has 1 fully saturated rings. The molecule has 2 amide bonds. The molecular weight excluding hydrogens is 224 g/mol. The van der Waals surface area contributed by atoms with Gasteiger partial charge in [0, 0.05) is 25.8 Å². The highest BCUT2D eigenvalue weighted by Crippen LogP contribution is 2.28. The van der Waals surface area contributed by atoms with Crippen molar-refractivity contribution in [3.05, 3.63) is 29.8 Å². The van der Waals surface area contributed by atoms with Gasteiger partial charge in [-0.05, 0) is 36.5 Å². The summed E-state index contributed by atoms with van der Waals surface area (Å²) in [6.45, 7) is 6.04. The normalized spacial score (nSPS) is 15.9. The molecule has 3 nitrogen and oxygen atoms in total. The highest BCUT2D eigenvalue weighted by Gasteiger charge is 2.26. The molecule has 3 heteroatoms. The van der Waals surface area contributed by atoms with E-state index >= 15 is 0 Å². The van der Waals surface area contributed by atoms with E-state index in [-0.39, 0.29) is 6.03 Å². The van der Waals surface area contributed by atoms with Crippen molar-refractivity contribution < 1.29 is 4.79 Å². The number of carbonyl (C=O) groups excluding carboxylic acids is 1. The van der Waals surface area contributed by atoms with Crippen LogP contribution in [0.1, 0.15) is 38.2 Å². The van der Waals surface area contributed by atoms with E-state index in [2.05, 4.69) is 32.0 Å². The van der Waals surface area contributed by atoms with Crippen LogP contribution in [0, 0.1) is 0 Å². The summed E-state index contributed by atoms with van der Waals surface area (Å²) in [5.41, 5.74) is 2.38. The number of nitrogens with zero attached hydrogens (tertiary/aromatic N) is 2. The first-order chi connectivity index (χ1) is 8.67. The summed E-state index contributed by atoms with van der Waals surface area (Å²) in [5.74, 6) is 0.598. The Balaban J connectivity index is 2.25. The number of likely N-dealkylation sites (N-methyl/N-ethyl adjacent to an activating group) is 1.